The van der Waals surface area contributed by atoms with Crippen LogP contribution in [0.5, 0.6) is 0 Å². The molecule has 1 heterocycles. The second-order valence-electron chi connectivity index (χ2n) is 11.2. The lowest BCUT2D eigenvalue weighted by atomic mass is 9.96. The summed E-state index contributed by atoms with van der Waals surface area (Å²) in [6, 6.07) is 52.0. The number of fused-ring (bicyclic) bond motifs is 1. The van der Waals surface area contributed by atoms with Gasteiger partial charge in [-0.05, 0) is 56.8 Å². The van der Waals surface area contributed by atoms with Gasteiger partial charge in [0.05, 0.1) is 11.4 Å². The Bertz CT molecular complexity index is 2040. The van der Waals surface area contributed by atoms with E-state index in [0.717, 1.165) is 61.3 Å². The summed E-state index contributed by atoms with van der Waals surface area (Å²) in [5.74, 6) is 0.705. The van der Waals surface area contributed by atoms with Crippen molar-refractivity contribution in [1.29, 1.82) is 0 Å². The molecule has 0 radical (unpaired) electrons. The molecule has 1 atom stereocenters. The Labute approximate surface area is 268 Å². The first-order valence-electron chi connectivity index (χ1n) is 15.2. The molecule has 0 aliphatic carbocycles. The van der Waals surface area contributed by atoms with E-state index >= 15 is 0 Å². The van der Waals surface area contributed by atoms with Crippen molar-refractivity contribution in [2.24, 2.45) is 17.2 Å². The first-order valence-corrected chi connectivity index (χ1v) is 15.2. The Kier molecular flexibility index (Phi) is 8.16. The van der Waals surface area contributed by atoms with E-state index in [0.29, 0.717) is 5.82 Å². The van der Waals surface area contributed by atoms with Gasteiger partial charge in [-0.1, -0.05) is 133 Å². The van der Waals surface area contributed by atoms with Crippen molar-refractivity contribution < 1.29 is 4.74 Å². The highest BCUT2D eigenvalue weighted by molar-refractivity contribution is 5.91. The molecule has 6 N–H and O–H groups in total. The maximum absolute atomic E-state index is 6.05. The normalized spacial score (nSPS) is 12.0. The highest BCUT2D eigenvalue weighted by atomic mass is 16.5. The third-order valence-electron chi connectivity index (χ3n) is 8.06. The minimum absolute atomic E-state index is 0.675. The summed E-state index contributed by atoms with van der Waals surface area (Å²) in [4.78, 5) is 9.89. The largest absolute Gasteiger partial charge is 0.328 e. The predicted octanol–water partition coefficient (Wildman–Crippen LogP) is 8.14. The monoisotopic (exact) mass is 599 g/mol. The zero-order chi connectivity index (χ0) is 31.5. The third kappa shape index (κ3) is 6.33. The summed E-state index contributed by atoms with van der Waals surface area (Å²) in [5.41, 5.74) is 27.2. The highest BCUT2D eigenvalue weighted by Gasteiger charge is 2.12. The topological polar surface area (TPSA) is 113 Å². The average Bonchev–Trinajstić information content (AvgIpc) is 3.11. The van der Waals surface area contributed by atoms with Gasteiger partial charge in [0.25, 0.3) is 0 Å². The van der Waals surface area contributed by atoms with Crippen LogP contribution in [0.2, 0.25) is 0 Å². The summed E-state index contributed by atoms with van der Waals surface area (Å²) >= 11 is 0. The summed E-state index contributed by atoms with van der Waals surface area (Å²) < 4.78 is 5.30. The standard InChI is InChI=1S/C40H33N5O/c41-38(46-40(42)43)31-19-13-27(14-20-31)34-22-16-28-15-21-33(23-35(28)24-34)26-11-17-30(18-12-26)37-25-36(29-7-3-1-4-8-29)44-39(45-37)32-9-5-2-6-10-32/h1-25,38,40H,41-43H2. The van der Waals surface area contributed by atoms with Crippen molar-refractivity contribution in [2.45, 2.75) is 12.6 Å². The molecular weight excluding hydrogens is 566 g/mol. The van der Waals surface area contributed by atoms with E-state index in [-0.39, 0.29) is 0 Å². The maximum atomic E-state index is 6.05. The number of rotatable bonds is 8. The van der Waals surface area contributed by atoms with Gasteiger partial charge in [0.1, 0.15) is 6.23 Å². The number of nitrogens with zero attached hydrogens (tertiary/aromatic N) is 2. The minimum Gasteiger partial charge on any atom is -0.328 e. The van der Waals surface area contributed by atoms with Gasteiger partial charge < -0.3 is 10.5 Å². The van der Waals surface area contributed by atoms with Gasteiger partial charge in [-0.2, -0.15) is 0 Å². The van der Waals surface area contributed by atoms with Crippen molar-refractivity contribution in [3.8, 4) is 56.2 Å². The molecule has 224 valence electrons. The van der Waals surface area contributed by atoms with Gasteiger partial charge in [0, 0.05) is 16.7 Å². The Morgan fingerprint density at radius 3 is 1.41 bits per heavy atom. The van der Waals surface area contributed by atoms with Crippen LogP contribution in [0.15, 0.2) is 152 Å². The molecule has 0 spiro atoms. The van der Waals surface area contributed by atoms with E-state index in [4.69, 9.17) is 31.9 Å². The first-order chi connectivity index (χ1) is 22.5. The van der Waals surface area contributed by atoms with Crippen LogP contribution < -0.4 is 17.2 Å². The van der Waals surface area contributed by atoms with Crippen LogP contribution in [0.4, 0.5) is 0 Å². The first kappa shape index (κ1) is 29.2. The zero-order valence-corrected chi connectivity index (χ0v) is 25.1. The van der Waals surface area contributed by atoms with Gasteiger partial charge in [-0.3, -0.25) is 11.5 Å². The number of hydrogen-bond acceptors (Lipinski definition) is 6. The Morgan fingerprint density at radius 2 is 0.870 bits per heavy atom. The molecule has 0 aliphatic rings. The Hall–Kier alpha value is -5.50. The predicted molar refractivity (Wildman–Crippen MR) is 187 cm³/mol. The summed E-state index contributed by atoms with van der Waals surface area (Å²) in [6.45, 7) is 0. The van der Waals surface area contributed by atoms with Crippen molar-refractivity contribution in [3.05, 3.63) is 157 Å². The number of benzene rings is 6. The molecule has 1 unspecified atom stereocenters. The second-order valence-corrected chi connectivity index (χ2v) is 11.2. The van der Waals surface area contributed by atoms with Crippen LogP contribution in [0.1, 0.15) is 11.8 Å². The van der Waals surface area contributed by atoms with Gasteiger partial charge in [-0.25, -0.2) is 9.97 Å². The summed E-state index contributed by atoms with van der Waals surface area (Å²) in [6.07, 6.45) is -1.60. The molecule has 7 rings (SSSR count). The van der Waals surface area contributed by atoms with E-state index < -0.39 is 12.6 Å². The highest BCUT2D eigenvalue weighted by Crippen LogP contribution is 2.32. The molecule has 0 saturated carbocycles. The van der Waals surface area contributed by atoms with Crippen LogP contribution in [0.3, 0.4) is 0 Å². The average molecular weight is 600 g/mol. The molecule has 0 amide bonds. The van der Waals surface area contributed by atoms with E-state index in [2.05, 4.69) is 78.9 Å². The Balaban J connectivity index is 1.18. The zero-order valence-electron chi connectivity index (χ0n) is 25.1. The van der Waals surface area contributed by atoms with Crippen molar-refractivity contribution >= 4 is 10.8 Å². The van der Waals surface area contributed by atoms with Gasteiger partial charge in [0.2, 0.25) is 0 Å². The molecule has 6 heteroatoms. The van der Waals surface area contributed by atoms with Gasteiger partial charge in [-0.15, -0.1) is 0 Å². The molecule has 6 nitrogen and oxygen atoms in total. The minimum atomic E-state index is -0.923. The van der Waals surface area contributed by atoms with E-state index in [1.807, 2.05) is 72.8 Å². The second kappa shape index (κ2) is 12.9. The lowest BCUT2D eigenvalue weighted by Crippen LogP contribution is -2.37. The van der Waals surface area contributed by atoms with Crippen LogP contribution in [-0.2, 0) is 4.74 Å². The number of hydrogen-bond donors (Lipinski definition) is 3. The molecule has 0 aliphatic heterocycles. The van der Waals surface area contributed by atoms with Crippen LogP contribution in [0, 0.1) is 0 Å². The molecule has 46 heavy (non-hydrogen) atoms. The number of nitrogens with two attached hydrogens (primary N) is 3. The number of ether oxygens (including phenoxy) is 1. The molecule has 1 aromatic heterocycles. The third-order valence-corrected chi connectivity index (χ3v) is 8.06. The Morgan fingerprint density at radius 1 is 0.413 bits per heavy atom. The fraction of sp³-hybridized carbons (Fsp3) is 0.0500. The summed E-state index contributed by atoms with van der Waals surface area (Å²) in [7, 11) is 0. The summed E-state index contributed by atoms with van der Waals surface area (Å²) in [5, 5.41) is 2.34. The smallest absolute Gasteiger partial charge is 0.160 e. The van der Waals surface area contributed by atoms with Crippen molar-refractivity contribution in [1.82, 2.24) is 9.97 Å². The molecule has 0 bridgehead atoms. The van der Waals surface area contributed by atoms with Crippen LogP contribution in [-0.4, -0.2) is 16.3 Å². The molecule has 7 aromatic rings. The molecule has 6 aromatic carbocycles. The molecular formula is C40H33N5O. The van der Waals surface area contributed by atoms with Gasteiger partial charge >= 0.3 is 0 Å². The van der Waals surface area contributed by atoms with Crippen LogP contribution >= 0.6 is 0 Å². The lowest BCUT2D eigenvalue weighted by molar-refractivity contribution is -0.00297. The van der Waals surface area contributed by atoms with E-state index in [1.54, 1.807) is 0 Å². The fourth-order valence-electron chi connectivity index (χ4n) is 5.62. The SMILES string of the molecule is NC(N)OC(N)c1ccc(-c2ccc3ccc(-c4ccc(-c5cc(-c6ccccc6)nc(-c6ccccc6)n5)cc4)cc3c2)cc1. The number of aromatic nitrogens is 2. The quantitative estimate of drug-likeness (QED) is 0.152. The molecule has 0 fully saturated rings. The van der Waals surface area contributed by atoms with Crippen LogP contribution in [0.25, 0.3) is 66.9 Å². The lowest BCUT2D eigenvalue weighted by Gasteiger charge is -2.16. The maximum Gasteiger partial charge on any atom is 0.160 e. The van der Waals surface area contributed by atoms with Crippen molar-refractivity contribution in [3.63, 3.8) is 0 Å². The van der Waals surface area contributed by atoms with E-state index in [9.17, 15) is 0 Å². The van der Waals surface area contributed by atoms with E-state index in [1.165, 1.54) is 5.39 Å². The fourth-order valence-corrected chi connectivity index (χ4v) is 5.62. The molecule has 0 saturated heterocycles. The van der Waals surface area contributed by atoms with Crippen molar-refractivity contribution in [2.75, 3.05) is 0 Å². The van der Waals surface area contributed by atoms with Gasteiger partial charge in [0.15, 0.2) is 12.2 Å².